The van der Waals surface area contributed by atoms with E-state index in [0.717, 1.165) is 23.3 Å². The summed E-state index contributed by atoms with van der Waals surface area (Å²) in [4.78, 5) is 0. The number of halogens is 6. The Hall–Kier alpha value is -4.04. The fourth-order valence-electron chi connectivity index (χ4n) is 2.75. The van der Waals surface area contributed by atoms with Crippen molar-refractivity contribution in [1.82, 2.24) is 0 Å². The van der Waals surface area contributed by atoms with E-state index in [1.807, 2.05) is 13.8 Å². The van der Waals surface area contributed by atoms with Gasteiger partial charge in [0.2, 0.25) is 0 Å². The average molecular weight is 474 g/mol. The van der Waals surface area contributed by atoms with Crippen LogP contribution in [0.25, 0.3) is 0 Å². The molecule has 0 unspecified atom stereocenters. The van der Waals surface area contributed by atoms with Crippen molar-refractivity contribution in [3.05, 3.63) is 94.0 Å². The molecule has 3 rings (SSSR count). The number of aryl methyl sites for hydroxylation is 2. The number of hydrogen-bond donors (Lipinski definition) is 0. The number of hydrogen-bond acceptors (Lipinski definition) is 2. The largest absolute Gasteiger partial charge is 0.573 e. The Bertz CT molecular complexity index is 1240. The molecule has 0 aliphatic heterocycles. The highest BCUT2D eigenvalue weighted by molar-refractivity contribution is 5.62. The van der Waals surface area contributed by atoms with Gasteiger partial charge in [0.25, 0.3) is 0 Å². The molecule has 0 radical (unpaired) electrons. The lowest BCUT2D eigenvalue weighted by atomic mass is 10.1. The summed E-state index contributed by atoms with van der Waals surface area (Å²) in [6.45, 7) is 3.67. The molecule has 0 spiro atoms. The molecule has 0 aromatic heterocycles. The van der Waals surface area contributed by atoms with E-state index in [1.165, 1.54) is 0 Å². The highest BCUT2D eigenvalue weighted by atomic mass is 19.4. The molecule has 0 amide bonds. The van der Waals surface area contributed by atoms with Gasteiger partial charge in [-0.2, -0.15) is 0 Å². The Kier molecular flexibility index (Phi) is 7.12. The summed E-state index contributed by atoms with van der Waals surface area (Å²) in [6, 6.07) is 15.2. The summed E-state index contributed by atoms with van der Waals surface area (Å²) in [5.41, 5.74) is 1.87. The third-order valence-corrected chi connectivity index (χ3v) is 4.30. The number of benzene rings is 3. The molecule has 3 aromatic rings. The van der Waals surface area contributed by atoms with Crippen LogP contribution >= 0.6 is 0 Å². The topological polar surface area (TPSA) is 18.5 Å². The molecule has 0 heterocycles. The maximum atomic E-state index is 13.0. The van der Waals surface area contributed by atoms with Crippen molar-refractivity contribution in [2.45, 2.75) is 26.6 Å². The van der Waals surface area contributed by atoms with Crippen LogP contribution in [0, 0.1) is 37.5 Å². The van der Waals surface area contributed by atoms with Crippen LogP contribution in [0.1, 0.15) is 33.4 Å². The van der Waals surface area contributed by atoms with Crippen molar-refractivity contribution in [2.24, 2.45) is 0 Å². The van der Waals surface area contributed by atoms with Crippen LogP contribution in [0.2, 0.25) is 0 Å². The van der Waals surface area contributed by atoms with Crippen LogP contribution < -0.4 is 9.47 Å². The van der Waals surface area contributed by atoms with E-state index in [2.05, 4.69) is 33.2 Å². The second kappa shape index (κ2) is 9.84. The third-order valence-electron chi connectivity index (χ3n) is 4.30. The van der Waals surface area contributed by atoms with Gasteiger partial charge in [-0.3, -0.25) is 0 Å². The Labute approximate surface area is 192 Å². The smallest absolute Gasteiger partial charge is 0.404 e. The Balaban J connectivity index is 2.15. The summed E-state index contributed by atoms with van der Waals surface area (Å²) in [5.74, 6) is 8.19. The maximum absolute atomic E-state index is 13.0. The molecule has 34 heavy (non-hydrogen) atoms. The summed E-state index contributed by atoms with van der Waals surface area (Å²) in [6.07, 6.45) is -10.4. The van der Waals surface area contributed by atoms with Gasteiger partial charge in [0, 0.05) is 16.7 Å². The molecule has 0 saturated carbocycles. The van der Waals surface area contributed by atoms with Gasteiger partial charge in [-0.15, -0.1) is 26.3 Å². The van der Waals surface area contributed by atoms with Gasteiger partial charge in [0.05, 0.1) is 0 Å². The first kappa shape index (κ1) is 24.6. The van der Waals surface area contributed by atoms with Gasteiger partial charge >= 0.3 is 12.7 Å². The minimum Gasteiger partial charge on any atom is -0.404 e. The third kappa shape index (κ3) is 7.53. The standard InChI is InChI=1S/C26H16F6O2/c1-17-3-7-19(8-4-17)11-12-21-15-23(33-25(27,28)29)22(24(16-21)34-26(30,31)32)14-13-20-9-5-18(2)6-10-20/h3-10,15-16H,1-2H3. The first-order valence-electron chi connectivity index (χ1n) is 9.75. The fourth-order valence-corrected chi connectivity index (χ4v) is 2.75. The van der Waals surface area contributed by atoms with Gasteiger partial charge < -0.3 is 9.47 Å². The zero-order chi connectivity index (χ0) is 24.9. The maximum Gasteiger partial charge on any atom is 0.573 e. The van der Waals surface area contributed by atoms with E-state index < -0.39 is 29.8 Å². The summed E-state index contributed by atoms with van der Waals surface area (Å²) in [7, 11) is 0. The second-order valence-electron chi connectivity index (χ2n) is 7.18. The molecule has 8 heteroatoms. The summed E-state index contributed by atoms with van der Waals surface area (Å²) >= 11 is 0. The number of rotatable bonds is 2. The molecule has 0 aliphatic rings. The second-order valence-corrected chi connectivity index (χ2v) is 7.18. The van der Waals surface area contributed by atoms with Crippen LogP contribution in [0.5, 0.6) is 11.5 Å². The first-order chi connectivity index (χ1) is 15.9. The van der Waals surface area contributed by atoms with Crippen molar-refractivity contribution in [3.63, 3.8) is 0 Å². The average Bonchev–Trinajstić information content (AvgIpc) is 2.72. The Morgan fingerprint density at radius 3 is 1.26 bits per heavy atom. The predicted molar refractivity (Wildman–Crippen MR) is 114 cm³/mol. The molecule has 0 bridgehead atoms. The van der Waals surface area contributed by atoms with Crippen LogP contribution in [0.15, 0.2) is 60.7 Å². The predicted octanol–water partition coefficient (Wildman–Crippen LogP) is 6.90. The van der Waals surface area contributed by atoms with Crippen LogP contribution in [0.3, 0.4) is 0 Å². The minimum absolute atomic E-state index is 0.181. The zero-order valence-corrected chi connectivity index (χ0v) is 17.9. The molecule has 0 saturated heterocycles. The van der Waals surface area contributed by atoms with E-state index >= 15 is 0 Å². The van der Waals surface area contributed by atoms with Gasteiger partial charge in [-0.05, 0) is 50.2 Å². The first-order valence-corrected chi connectivity index (χ1v) is 9.75. The molecule has 0 aliphatic carbocycles. The lowest BCUT2D eigenvalue weighted by molar-refractivity contribution is -0.276. The summed E-state index contributed by atoms with van der Waals surface area (Å²) < 4.78 is 86.3. The molecular weight excluding hydrogens is 458 g/mol. The lowest BCUT2D eigenvalue weighted by Gasteiger charge is -2.16. The van der Waals surface area contributed by atoms with Gasteiger partial charge in [0.15, 0.2) is 0 Å². The van der Waals surface area contributed by atoms with Gasteiger partial charge in [0.1, 0.15) is 17.1 Å². The van der Waals surface area contributed by atoms with Crippen LogP contribution in [0.4, 0.5) is 26.3 Å². The SMILES string of the molecule is Cc1ccc(C#Cc2cc(OC(F)(F)F)c(C#Cc3ccc(C)cc3)c(OC(F)(F)F)c2)cc1. The summed E-state index contributed by atoms with van der Waals surface area (Å²) in [5, 5.41) is 0. The Morgan fingerprint density at radius 2 is 0.882 bits per heavy atom. The van der Waals surface area contributed by atoms with Crippen LogP contribution in [-0.2, 0) is 0 Å². The van der Waals surface area contributed by atoms with Crippen molar-refractivity contribution in [1.29, 1.82) is 0 Å². The quantitative estimate of drug-likeness (QED) is 0.297. The van der Waals surface area contributed by atoms with Crippen molar-refractivity contribution < 1.29 is 35.8 Å². The van der Waals surface area contributed by atoms with E-state index in [9.17, 15) is 26.3 Å². The molecule has 174 valence electrons. The van der Waals surface area contributed by atoms with Crippen molar-refractivity contribution in [2.75, 3.05) is 0 Å². The minimum atomic E-state index is -5.18. The molecule has 0 fully saturated rings. The van der Waals surface area contributed by atoms with Crippen molar-refractivity contribution in [3.8, 4) is 35.2 Å². The Morgan fingerprint density at radius 1 is 0.529 bits per heavy atom. The van der Waals surface area contributed by atoms with Gasteiger partial charge in [-0.25, -0.2) is 0 Å². The molecule has 0 N–H and O–H groups in total. The normalized spacial score (nSPS) is 11.1. The number of alkyl halides is 6. The fraction of sp³-hybridized carbons (Fsp3) is 0.154. The van der Waals surface area contributed by atoms with E-state index in [-0.39, 0.29) is 5.56 Å². The van der Waals surface area contributed by atoms with Crippen LogP contribution in [-0.4, -0.2) is 12.7 Å². The molecule has 0 atom stereocenters. The van der Waals surface area contributed by atoms with Gasteiger partial charge in [-0.1, -0.05) is 59.1 Å². The molecule has 2 nitrogen and oxygen atoms in total. The van der Waals surface area contributed by atoms with Crippen molar-refractivity contribution >= 4 is 0 Å². The van der Waals surface area contributed by atoms with E-state index in [4.69, 9.17) is 0 Å². The van der Waals surface area contributed by atoms with E-state index in [1.54, 1.807) is 48.5 Å². The monoisotopic (exact) mass is 474 g/mol. The highest BCUT2D eigenvalue weighted by Gasteiger charge is 2.36. The molecule has 3 aromatic carbocycles. The molecular formula is C26H16F6O2. The number of ether oxygens (including phenoxy) is 2. The lowest BCUT2D eigenvalue weighted by Crippen LogP contribution is -2.20. The highest BCUT2D eigenvalue weighted by Crippen LogP contribution is 2.36. The zero-order valence-electron chi connectivity index (χ0n) is 17.9. The van der Waals surface area contributed by atoms with E-state index in [0.29, 0.717) is 11.1 Å².